The van der Waals surface area contributed by atoms with Crippen LogP contribution in [0.25, 0.3) is 0 Å². The average molecular weight is 388 g/mol. The molecule has 0 bridgehead atoms. The zero-order valence-electron chi connectivity index (χ0n) is 16.4. The minimum Gasteiger partial charge on any atom is -0.337 e. The van der Waals surface area contributed by atoms with Gasteiger partial charge in [-0.3, -0.25) is 14.4 Å². The average Bonchev–Trinajstić information content (AvgIpc) is 3.43. The molecular weight excluding hydrogens is 358 g/mol. The maximum Gasteiger partial charge on any atom is 0.274 e. The Balaban J connectivity index is 1.57. The summed E-state index contributed by atoms with van der Waals surface area (Å²) < 4.78 is 2.11. The first-order valence-electron chi connectivity index (χ1n) is 10.1. The highest BCUT2D eigenvalue weighted by Crippen LogP contribution is 2.29. The van der Waals surface area contributed by atoms with Crippen molar-refractivity contribution in [1.29, 1.82) is 0 Å². The highest BCUT2D eigenvalue weighted by molar-refractivity contribution is 7.07. The summed E-state index contributed by atoms with van der Waals surface area (Å²) in [5.74, 6) is 0.140. The molecule has 0 saturated carbocycles. The fraction of sp³-hybridized carbons (Fsp3) is 0.650. The van der Waals surface area contributed by atoms with Crippen LogP contribution >= 0.6 is 11.3 Å². The number of carbonyl (C=O) groups is 1. The zero-order valence-corrected chi connectivity index (χ0v) is 17.2. The molecule has 0 aromatic carbocycles. The number of aryl methyl sites for hydroxylation is 1. The minimum atomic E-state index is 0.140. The van der Waals surface area contributed by atoms with Gasteiger partial charge in [-0.1, -0.05) is 6.92 Å². The van der Waals surface area contributed by atoms with Gasteiger partial charge < -0.3 is 4.90 Å². The van der Waals surface area contributed by atoms with Crippen LogP contribution in [0.2, 0.25) is 0 Å². The largest absolute Gasteiger partial charge is 0.337 e. The van der Waals surface area contributed by atoms with Gasteiger partial charge in [0, 0.05) is 48.9 Å². The van der Waals surface area contributed by atoms with E-state index in [2.05, 4.69) is 33.9 Å². The number of likely N-dealkylation sites (N-methyl/N-ethyl adjacent to an activating group) is 1. The number of rotatable bonds is 6. The quantitative estimate of drug-likeness (QED) is 0.765. The second kappa shape index (κ2) is 8.10. The number of fused-ring (bicyclic) bond motifs is 1. The lowest BCUT2D eigenvalue weighted by Gasteiger charge is -2.31. The van der Waals surface area contributed by atoms with E-state index in [1.807, 2.05) is 10.4 Å². The number of carbonyl (C=O) groups excluding carboxylic acids is 1. The molecule has 1 amide bonds. The summed E-state index contributed by atoms with van der Waals surface area (Å²) >= 11 is 1.64. The molecule has 1 saturated heterocycles. The van der Waals surface area contributed by atoms with E-state index in [9.17, 15) is 4.79 Å². The summed E-state index contributed by atoms with van der Waals surface area (Å²) in [5, 5.41) is 6.91. The van der Waals surface area contributed by atoms with Crippen molar-refractivity contribution >= 4 is 17.2 Å². The summed E-state index contributed by atoms with van der Waals surface area (Å²) in [4.78, 5) is 21.9. The van der Waals surface area contributed by atoms with Gasteiger partial charge in [0.05, 0.1) is 11.2 Å². The number of likely N-dealkylation sites (tertiary alicyclic amines) is 1. The molecule has 4 rings (SSSR count). The molecule has 0 spiro atoms. The zero-order chi connectivity index (χ0) is 18.8. The number of hydrogen-bond acceptors (Lipinski definition) is 5. The third-order valence-corrected chi connectivity index (χ3v) is 6.51. The first-order chi connectivity index (χ1) is 13.2. The lowest BCUT2D eigenvalue weighted by Crippen LogP contribution is -2.37. The molecule has 146 valence electrons. The number of hydrogen-bond donors (Lipinski definition) is 0. The van der Waals surface area contributed by atoms with Crippen molar-refractivity contribution in [2.75, 3.05) is 20.1 Å². The molecule has 0 radical (unpaired) electrons. The summed E-state index contributed by atoms with van der Waals surface area (Å²) in [5.41, 5.74) is 6.22. The van der Waals surface area contributed by atoms with Crippen LogP contribution < -0.4 is 0 Å². The van der Waals surface area contributed by atoms with Crippen LogP contribution in [0.5, 0.6) is 0 Å². The van der Waals surface area contributed by atoms with Gasteiger partial charge in [0.1, 0.15) is 0 Å². The molecule has 1 aliphatic carbocycles. The Kier molecular flexibility index (Phi) is 5.59. The van der Waals surface area contributed by atoms with E-state index in [1.54, 1.807) is 11.3 Å². The maximum atomic E-state index is 13.1. The Morgan fingerprint density at radius 2 is 2.19 bits per heavy atom. The molecular formula is C20H29N5OS. The first-order valence-corrected chi connectivity index (χ1v) is 11.1. The molecule has 1 atom stereocenters. The molecule has 3 heterocycles. The normalized spacial score (nSPS) is 19.7. The van der Waals surface area contributed by atoms with Crippen LogP contribution in [-0.2, 0) is 25.9 Å². The molecule has 0 N–H and O–H groups in total. The van der Waals surface area contributed by atoms with Crippen molar-refractivity contribution in [2.45, 2.75) is 64.6 Å². The molecule has 2 aliphatic rings. The third-order valence-electron chi connectivity index (χ3n) is 5.87. The van der Waals surface area contributed by atoms with Gasteiger partial charge in [0.25, 0.3) is 5.91 Å². The van der Waals surface area contributed by atoms with Crippen LogP contribution in [0, 0.1) is 0 Å². The van der Waals surface area contributed by atoms with Gasteiger partial charge in [-0.2, -0.15) is 5.10 Å². The monoisotopic (exact) mass is 387 g/mol. The summed E-state index contributed by atoms with van der Waals surface area (Å²) in [7, 11) is 2.17. The van der Waals surface area contributed by atoms with E-state index in [1.165, 1.54) is 11.3 Å². The fourth-order valence-corrected chi connectivity index (χ4v) is 4.93. The number of nitrogens with zero attached hydrogens (tertiary/aromatic N) is 5. The standard InChI is InChI=1S/C20H29N5OS/c1-3-8-25-18-7-6-16(23(2)12-15-13-27-14-21-15)11-17(18)19(22-25)20(26)24-9-4-5-10-24/h13-14,16H,3-12H2,1-2H3. The molecule has 27 heavy (non-hydrogen) atoms. The van der Waals surface area contributed by atoms with E-state index >= 15 is 0 Å². The molecule has 2 aromatic rings. The van der Waals surface area contributed by atoms with Crippen molar-refractivity contribution in [3.63, 3.8) is 0 Å². The van der Waals surface area contributed by atoms with Crippen LogP contribution in [0.1, 0.15) is 60.0 Å². The summed E-state index contributed by atoms with van der Waals surface area (Å²) in [6.45, 7) is 5.68. The predicted molar refractivity (Wildman–Crippen MR) is 107 cm³/mol. The summed E-state index contributed by atoms with van der Waals surface area (Å²) in [6, 6.07) is 0.434. The topological polar surface area (TPSA) is 54.3 Å². The van der Waals surface area contributed by atoms with Crippen LogP contribution in [0.4, 0.5) is 0 Å². The number of aromatic nitrogens is 3. The minimum absolute atomic E-state index is 0.140. The highest BCUT2D eigenvalue weighted by Gasteiger charge is 2.33. The molecule has 7 heteroatoms. The molecule has 1 aliphatic heterocycles. The molecule has 1 unspecified atom stereocenters. The van der Waals surface area contributed by atoms with Crippen molar-refractivity contribution in [1.82, 2.24) is 24.6 Å². The Morgan fingerprint density at radius 1 is 1.37 bits per heavy atom. The molecule has 2 aromatic heterocycles. The Labute approximate surface area is 165 Å². The van der Waals surface area contributed by atoms with Crippen LogP contribution in [-0.4, -0.2) is 56.7 Å². The smallest absolute Gasteiger partial charge is 0.274 e. The van der Waals surface area contributed by atoms with Gasteiger partial charge in [-0.15, -0.1) is 11.3 Å². The number of amides is 1. The predicted octanol–water partition coefficient (Wildman–Crippen LogP) is 2.97. The third kappa shape index (κ3) is 3.80. The van der Waals surface area contributed by atoms with Crippen molar-refractivity contribution in [3.05, 3.63) is 33.5 Å². The lowest BCUT2D eigenvalue weighted by atomic mass is 9.90. The SMILES string of the molecule is CCCn1nc(C(=O)N2CCCC2)c2c1CCC(N(C)Cc1cscn1)C2. The van der Waals surface area contributed by atoms with E-state index in [0.29, 0.717) is 11.7 Å². The second-order valence-electron chi connectivity index (χ2n) is 7.79. The van der Waals surface area contributed by atoms with E-state index in [-0.39, 0.29) is 5.91 Å². The first kappa shape index (κ1) is 18.6. The molecule has 1 fully saturated rings. The maximum absolute atomic E-state index is 13.1. The van der Waals surface area contributed by atoms with Gasteiger partial charge in [-0.25, -0.2) is 4.98 Å². The second-order valence-corrected chi connectivity index (χ2v) is 8.51. The highest BCUT2D eigenvalue weighted by atomic mass is 32.1. The van der Waals surface area contributed by atoms with Crippen LogP contribution in [0.3, 0.4) is 0 Å². The van der Waals surface area contributed by atoms with E-state index in [0.717, 1.165) is 70.4 Å². The van der Waals surface area contributed by atoms with Gasteiger partial charge in [0.2, 0.25) is 0 Å². The summed E-state index contributed by atoms with van der Waals surface area (Å²) in [6.07, 6.45) is 6.29. The van der Waals surface area contributed by atoms with Crippen molar-refractivity contribution in [3.8, 4) is 0 Å². The van der Waals surface area contributed by atoms with Gasteiger partial charge >= 0.3 is 0 Å². The van der Waals surface area contributed by atoms with Crippen molar-refractivity contribution in [2.24, 2.45) is 0 Å². The van der Waals surface area contributed by atoms with Gasteiger partial charge in [0.15, 0.2) is 5.69 Å². The van der Waals surface area contributed by atoms with E-state index < -0.39 is 0 Å². The van der Waals surface area contributed by atoms with Crippen LogP contribution in [0.15, 0.2) is 10.9 Å². The Morgan fingerprint density at radius 3 is 2.89 bits per heavy atom. The van der Waals surface area contributed by atoms with Crippen molar-refractivity contribution < 1.29 is 4.79 Å². The van der Waals surface area contributed by atoms with E-state index in [4.69, 9.17) is 5.10 Å². The lowest BCUT2D eigenvalue weighted by molar-refractivity contribution is 0.0784. The fourth-order valence-electron chi connectivity index (χ4n) is 4.38. The molecule has 6 nitrogen and oxygen atoms in total. The Hall–Kier alpha value is -1.73. The number of thiazole rings is 1. The Bertz CT molecular complexity index is 779. The van der Waals surface area contributed by atoms with Gasteiger partial charge in [-0.05, 0) is 45.6 Å².